The maximum absolute atomic E-state index is 11.0. The Morgan fingerprint density at radius 2 is 2.29 bits per heavy atom. The first-order chi connectivity index (χ1) is 10.0. The minimum absolute atomic E-state index is 0.0379. The largest absolute Gasteiger partial charge is 0.352 e. The zero-order valence-electron chi connectivity index (χ0n) is 11.1. The van der Waals surface area contributed by atoms with E-state index in [1.165, 1.54) is 11.8 Å². The molecule has 0 amide bonds. The molecule has 0 N–H and O–H groups in total. The van der Waals surface area contributed by atoms with Crippen LogP contribution in [0.4, 0.5) is 0 Å². The first-order valence-corrected chi connectivity index (χ1v) is 8.14. The first-order valence-electron chi connectivity index (χ1n) is 6.39. The molecule has 1 aliphatic heterocycles. The highest BCUT2D eigenvalue weighted by Crippen LogP contribution is 2.32. The second-order valence-corrected chi connectivity index (χ2v) is 6.60. The lowest BCUT2D eigenvalue weighted by molar-refractivity contribution is -0.109. The molecule has 1 fully saturated rings. The number of aromatic nitrogens is 4. The van der Waals surface area contributed by atoms with Crippen molar-refractivity contribution >= 4 is 51.1 Å². The molecule has 112 valence electrons. The van der Waals surface area contributed by atoms with Crippen molar-refractivity contribution < 1.29 is 9.53 Å². The fourth-order valence-electron chi connectivity index (χ4n) is 2.28. The fourth-order valence-corrected chi connectivity index (χ4v) is 3.36. The number of rotatable bonds is 3. The van der Waals surface area contributed by atoms with Crippen molar-refractivity contribution in [3.8, 4) is 0 Å². The van der Waals surface area contributed by atoms with Gasteiger partial charge in [-0.1, -0.05) is 23.4 Å². The lowest BCUT2D eigenvalue weighted by Crippen LogP contribution is -2.15. The lowest BCUT2D eigenvalue weighted by atomic mass is 10.2. The number of hydrogen-bond donors (Lipinski definition) is 0. The molecule has 0 radical (unpaired) electrons. The average molecular weight is 347 g/mol. The third kappa shape index (κ3) is 3.15. The normalized spacial score (nSPS) is 22.0. The van der Waals surface area contributed by atoms with Crippen molar-refractivity contribution in [2.45, 2.75) is 32.1 Å². The standard InChI is InChI=1S/C12H12Cl2N4O2S/c1-6(19)21-5-7-2-3-9(20-7)18-11-8(4-15-18)10(13)16-12(14)17-11/h4,7,9H,2-3,5H2,1H3. The quantitative estimate of drug-likeness (QED) is 0.628. The van der Waals surface area contributed by atoms with Crippen molar-refractivity contribution in [3.63, 3.8) is 0 Å². The van der Waals surface area contributed by atoms with E-state index in [9.17, 15) is 4.79 Å². The third-order valence-electron chi connectivity index (χ3n) is 3.21. The van der Waals surface area contributed by atoms with E-state index in [0.717, 1.165) is 12.8 Å². The molecule has 6 nitrogen and oxygen atoms in total. The Morgan fingerprint density at radius 1 is 1.48 bits per heavy atom. The van der Waals surface area contributed by atoms with Gasteiger partial charge in [-0.15, -0.1) is 0 Å². The van der Waals surface area contributed by atoms with Gasteiger partial charge in [-0.2, -0.15) is 10.1 Å². The molecule has 2 unspecified atom stereocenters. The van der Waals surface area contributed by atoms with Crippen LogP contribution in [0.25, 0.3) is 11.0 Å². The molecule has 1 aliphatic rings. The summed E-state index contributed by atoms with van der Waals surface area (Å²) in [6, 6.07) is 0. The van der Waals surface area contributed by atoms with Gasteiger partial charge in [0.1, 0.15) is 5.15 Å². The summed E-state index contributed by atoms with van der Waals surface area (Å²) in [7, 11) is 0. The van der Waals surface area contributed by atoms with Crippen molar-refractivity contribution in [3.05, 3.63) is 16.6 Å². The molecule has 9 heteroatoms. The van der Waals surface area contributed by atoms with Gasteiger partial charge in [0, 0.05) is 12.7 Å². The molecule has 0 saturated carbocycles. The van der Waals surface area contributed by atoms with Crippen LogP contribution in [0.3, 0.4) is 0 Å². The second-order valence-electron chi connectivity index (χ2n) is 4.70. The maximum atomic E-state index is 11.0. The van der Waals surface area contributed by atoms with Crippen molar-refractivity contribution in [1.82, 2.24) is 19.7 Å². The van der Waals surface area contributed by atoms with Crippen LogP contribution in [0.5, 0.6) is 0 Å². The summed E-state index contributed by atoms with van der Waals surface area (Å²) < 4.78 is 7.60. The number of thioether (sulfide) groups is 1. The van der Waals surface area contributed by atoms with Gasteiger partial charge in [0.15, 0.2) is 17.0 Å². The van der Waals surface area contributed by atoms with Gasteiger partial charge in [0.05, 0.1) is 17.7 Å². The highest BCUT2D eigenvalue weighted by molar-refractivity contribution is 8.13. The van der Waals surface area contributed by atoms with E-state index in [0.29, 0.717) is 16.8 Å². The number of ether oxygens (including phenoxy) is 1. The topological polar surface area (TPSA) is 69.9 Å². The van der Waals surface area contributed by atoms with Gasteiger partial charge >= 0.3 is 0 Å². The molecular formula is C12H12Cl2N4O2S. The number of carbonyl (C=O) groups is 1. The molecule has 0 spiro atoms. The summed E-state index contributed by atoms with van der Waals surface area (Å²) in [5.41, 5.74) is 0.560. The monoisotopic (exact) mass is 346 g/mol. The predicted octanol–water partition coefficient (Wildman–Crippen LogP) is 3.09. The highest BCUT2D eigenvalue weighted by atomic mass is 35.5. The molecule has 2 aromatic heterocycles. The van der Waals surface area contributed by atoms with Gasteiger partial charge in [-0.05, 0) is 24.4 Å². The van der Waals surface area contributed by atoms with E-state index in [1.54, 1.807) is 17.8 Å². The molecule has 2 atom stereocenters. The summed E-state index contributed by atoms with van der Waals surface area (Å²) in [4.78, 5) is 19.1. The molecule has 2 aromatic rings. The Morgan fingerprint density at radius 3 is 3.05 bits per heavy atom. The van der Waals surface area contributed by atoms with E-state index in [2.05, 4.69) is 15.1 Å². The van der Waals surface area contributed by atoms with E-state index >= 15 is 0 Å². The number of fused-ring (bicyclic) bond motifs is 1. The van der Waals surface area contributed by atoms with E-state index in [1.807, 2.05) is 0 Å². The number of halogens is 2. The van der Waals surface area contributed by atoms with Gasteiger partial charge < -0.3 is 4.74 Å². The average Bonchev–Trinajstić information content (AvgIpc) is 3.02. The molecule has 0 aromatic carbocycles. The fraction of sp³-hybridized carbons (Fsp3) is 0.500. The van der Waals surface area contributed by atoms with Crippen molar-refractivity contribution in [2.75, 3.05) is 5.75 Å². The third-order valence-corrected chi connectivity index (χ3v) is 4.61. The number of carbonyl (C=O) groups excluding carboxylic acids is 1. The van der Waals surface area contributed by atoms with Crippen LogP contribution in [-0.4, -0.2) is 36.7 Å². The zero-order valence-corrected chi connectivity index (χ0v) is 13.5. The number of nitrogens with zero attached hydrogens (tertiary/aromatic N) is 4. The van der Waals surface area contributed by atoms with Crippen molar-refractivity contribution in [2.24, 2.45) is 0 Å². The summed E-state index contributed by atoms with van der Waals surface area (Å²) in [6.45, 7) is 1.55. The molecule has 0 aliphatic carbocycles. The summed E-state index contributed by atoms with van der Waals surface area (Å²) in [5.74, 6) is 0.654. The molecule has 3 heterocycles. The zero-order chi connectivity index (χ0) is 15.0. The van der Waals surface area contributed by atoms with E-state index < -0.39 is 0 Å². The Balaban J connectivity index is 1.81. The van der Waals surface area contributed by atoms with Gasteiger partial charge in [0.25, 0.3) is 0 Å². The Hall–Kier alpha value is -0.890. The second kappa shape index (κ2) is 6.08. The Bertz CT molecular complexity index is 693. The molecular weight excluding hydrogens is 335 g/mol. The summed E-state index contributed by atoms with van der Waals surface area (Å²) in [6.07, 6.45) is 3.10. The molecule has 1 saturated heterocycles. The van der Waals surface area contributed by atoms with Gasteiger partial charge in [-0.3, -0.25) is 4.79 Å². The predicted molar refractivity (Wildman–Crippen MR) is 81.6 cm³/mol. The van der Waals surface area contributed by atoms with Crippen LogP contribution < -0.4 is 0 Å². The first kappa shape index (κ1) is 15.0. The molecule has 21 heavy (non-hydrogen) atoms. The van der Waals surface area contributed by atoms with Gasteiger partial charge in [-0.25, -0.2) is 9.67 Å². The number of hydrogen-bond acceptors (Lipinski definition) is 6. The van der Waals surface area contributed by atoms with E-state index in [4.69, 9.17) is 27.9 Å². The van der Waals surface area contributed by atoms with Gasteiger partial charge in [0.2, 0.25) is 5.28 Å². The maximum Gasteiger partial charge on any atom is 0.225 e. The van der Waals surface area contributed by atoms with Crippen molar-refractivity contribution in [1.29, 1.82) is 0 Å². The van der Waals surface area contributed by atoms with Crippen LogP contribution in [-0.2, 0) is 9.53 Å². The molecule has 3 rings (SSSR count). The Kier molecular flexibility index (Phi) is 4.35. The summed E-state index contributed by atoms with van der Waals surface area (Å²) in [5, 5.41) is 5.38. The van der Waals surface area contributed by atoms with Crippen LogP contribution in [0.1, 0.15) is 26.0 Å². The minimum atomic E-state index is -0.220. The summed E-state index contributed by atoms with van der Waals surface area (Å²) >= 11 is 13.1. The van der Waals surface area contributed by atoms with Crippen LogP contribution in [0.2, 0.25) is 10.4 Å². The smallest absolute Gasteiger partial charge is 0.225 e. The molecule has 0 bridgehead atoms. The lowest BCUT2D eigenvalue weighted by Gasteiger charge is -2.14. The van der Waals surface area contributed by atoms with E-state index in [-0.39, 0.29) is 27.9 Å². The Labute approximate surface area is 135 Å². The van der Waals surface area contributed by atoms with Crippen LogP contribution in [0, 0.1) is 0 Å². The van der Waals surface area contributed by atoms with Crippen LogP contribution >= 0.6 is 35.0 Å². The highest BCUT2D eigenvalue weighted by Gasteiger charge is 2.29. The van der Waals surface area contributed by atoms with Crippen LogP contribution in [0.15, 0.2) is 6.20 Å². The SMILES string of the molecule is CC(=O)SCC1CCC(n2ncc3c(Cl)nc(Cl)nc32)O1. The minimum Gasteiger partial charge on any atom is -0.352 e.